The third-order valence-corrected chi connectivity index (χ3v) is 6.43. The van der Waals surface area contributed by atoms with Crippen molar-refractivity contribution in [1.82, 2.24) is 10.2 Å². The van der Waals surface area contributed by atoms with E-state index in [1.54, 1.807) is 24.3 Å². The van der Waals surface area contributed by atoms with Gasteiger partial charge in [-0.25, -0.2) is 0 Å². The van der Waals surface area contributed by atoms with Crippen molar-refractivity contribution in [3.05, 3.63) is 78.7 Å². The molecule has 0 fully saturated rings. The Kier molecular flexibility index (Phi) is 6.24. The Morgan fingerprint density at radius 1 is 1.31 bits per heavy atom. The molecule has 0 amide bonds. The number of halogens is 3. The number of aromatic nitrogens is 2. The highest BCUT2D eigenvalue weighted by atomic mass is 79.9. The Bertz CT molecular complexity index is 1260. The molecule has 3 aromatic rings. The summed E-state index contributed by atoms with van der Waals surface area (Å²) in [5.74, 6) is 0.800. The summed E-state index contributed by atoms with van der Waals surface area (Å²) in [4.78, 5) is 0. The smallest absolute Gasteiger partial charge is 0.244 e. The van der Waals surface area contributed by atoms with E-state index in [-0.39, 0.29) is 18.1 Å². The number of ether oxygens (including phenoxy) is 3. The number of fused-ring (bicyclic) bond motifs is 1. The Balaban J connectivity index is 1.76. The van der Waals surface area contributed by atoms with Crippen LogP contribution < -0.4 is 19.9 Å². The number of benzene rings is 2. The van der Waals surface area contributed by atoms with Crippen molar-refractivity contribution in [2.75, 3.05) is 7.11 Å². The van der Waals surface area contributed by atoms with Crippen molar-refractivity contribution in [2.45, 2.75) is 19.4 Å². The van der Waals surface area contributed by atoms with Crippen LogP contribution in [0.25, 0.3) is 0 Å². The van der Waals surface area contributed by atoms with Gasteiger partial charge in [-0.1, -0.05) is 29.3 Å². The van der Waals surface area contributed by atoms with E-state index in [0.29, 0.717) is 37.5 Å². The lowest BCUT2D eigenvalue weighted by molar-refractivity contribution is 0.282. The van der Waals surface area contributed by atoms with Crippen LogP contribution in [-0.2, 0) is 6.61 Å². The number of rotatable bonds is 5. The molecule has 0 saturated carbocycles. The van der Waals surface area contributed by atoms with E-state index in [1.807, 2.05) is 13.0 Å². The van der Waals surface area contributed by atoms with E-state index in [4.69, 9.17) is 43.1 Å². The zero-order valence-electron chi connectivity index (χ0n) is 17.0. The summed E-state index contributed by atoms with van der Waals surface area (Å²) >= 11 is 16.1. The van der Waals surface area contributed by atoms with Gasteiger partial charge in [0.15, 0.2) is 11.5 Å². The molecule has 0 radical (unpaired) electrons. The number of allylic oxidation sites excluding steroid dienone is 1. The molecule has 1 atom stereocenters. The second-order valence-electron chi connectivity index (χ2n) is 7.02. The normalized spacial score (nSPS) is 15.1. The quantitative estimate of drug-likeness (QED) is 0.441. The van der Waals surface area contributed by atoms with Gasteiger partial charge in [0, 0.05) is 26.9 Å². The molecular formula is C22H17BrCl2N4O3. The van der Waals surface area contributed by atoms with Gasteiger partial charge < -0.3 is 19.9 Å². The average Bonchev–Trinajstić information content (AvgIpc) is 3.12. The van der Waals surface area contributed by atoms with Gasteiger partial charge in [-0.3, -0.25) is 5.10 Å². The predicted molar refractivity (Wildman–Crippen MR) is 124 cm³/mol. The summed E-state index contributed by atoms with van der Waals surface area (Å²) in [6, 6.07) is 11.1. The largest absolute Gasteiger partial charge is 0.493 e. The summed E-state index contributed by atoms with van der Waals surface area (Å²) in [6.45, 7) is 2.00. The minimum Gasteiger partial charge on any atom is -0.493 e. The van der Waals surface area contributed by atoms with Crippen molar-refractivity contribution >= 4 is 39.1 Å². The van der Waals surface area contributed by atoms with Crippen molar-refractivity contribution < 1.29 is 14.2 Å². The number of hydrogen-bond donors (Lipinski definition) is 2. The Labute approximate surface area is 202 Å². The van der Waals surface area contributed by atoms with Crippen molar-refractivity contribution in [3.63, 3.8) is 0 Å². The summed E-state index contributed by atoms with van der Waals surface area (Å²) in [7, 11) is 1.54. The lowest BCUT2D eigenvalue weighted by atomic mass is 9.84. The second kappa shape index (κ2) is 8.94. The summed E-state index contributed by atoms with van der Waals surface area (Å²) < 4.78 is 17.8. The number of nitrogens with one attached hydrogen (secondary N) is 1. The number of nitriles is 1. The van der Waals surface area contributed by atoms with E-state index < -0.39 is 5.92 Å². The first kappa shape index (κ1) is 22.3. The highest BCUT2D eigenvalue weighted by molar-refractivity contribution is 9.10. The number of nitrogens with zero attached hydrogens (tertiary/aromatic N) is 2. The maximum absolute atomic E-state index is 9.77. The number of aryl methyl sites for hydroxylation is 1. The van der Waals surface area contributed by atoms with Crippen LogP contribution in [0.1, 0.15) is 28.3 Å². The van der Waals surface area contributed by atoms with E-state index >= 15 is 0 Å². The highest BCUT2D eigenvalue weighted by Crippen LogP contribution is 2.46. The average molecular weight is 536 g/mol. The minimum absolute atomic E-state index is 0.0141. The zero-order chi connectivity index (χ0) is 23.0. The van der Waals surface area contributed by atoms with Crippen LogP contribution in [0.4, 0.5) is 0 Å². The molecule has 0 spiro atoms. The number of nitrogens with two attached hydrogens (primary N) is 1. The van der Waals surface area contributed by atoms with Gasteiger partial charge in [0.2, 0.25) is 11.8 Å². The lowest BCUT2D eigenvalue weighted by Crippen LogP contribution is -2.21. The fourth-order valence-electron chi connectivity index (χ4n) is 3.59. The van der Waals surface area contributed by atoms with Crippen LogP contribution in [0, 0.1) is 18.3 Å². The van der Waals surface area contributed by atoms with Gasteiger partial charge in [-0.05, 0) is 52.7 Å². The van der Waals surface area contributed by atoms with Gasteiger partial charge in [-0.15, -0.1) is 5.10 Å². The maximum Gasteiger partial charge on any atom is 0.244 e. The SMILES string of the molecule is COc1cc(C2C(C#N)=C(N)Oc3n[nH]c(C)c32)cc(Br)c1OCc1c(Cl)cccc1Cl. The first-order valence-electron chi connectivity index (χ1n) is 9.41. The third-order valence-electron chi connectivity index (χ3n) is 5.14. The Morgan fingerprint density at radius 2 is 2.03 bits per heavy atom. The van der Waals surface area contributed by atoms with E-state index in [1.165, 1.54) is 7.11 Å². The molecule has 3 N–H and O–H groups in total. The molecule has 0 bridgehead atoms. The summed E-state index contributed by atoms with van der Waals surface area (Å²) in [6.07, 6.45) is 0. The molecule has 1 aliphatic rings. The summed E-state index contributed by atoms with van der Waals surface area (Å²) in [5.41, 5.74) is 9.22. The molecular weight excluding hydrogens is 519 g/mol. The molecule has 1 aromatic heterocycles. The standard InChI is InChI=1S/C22H17BrCl2N4O3/c1-10-18-19(12(8-26)21(27)32-22(18)29-28-10)11-6-14(23)20(17(7-11)30-2)31-9-13-15(24)4-3-5-16(13)25/h3-7,19H,9,27H2,1-2H3,(H,28,29). The monoisotopic (exact) mass is 534 g/mol. The van der Waals surface area contributed by atoms with Crippen LogP contribution in [0.2, 0.25) is 10.0 Å². The van der Waals surface area contributed by atoms with E-state index in [0.717, 1.165) is 16.8 Å². The molecule has 1 aliphatic heterocycles. The molecule has 164 valence electrons. The van der Waals surface area contributed by atoms with Crippen LogP contribution in [0.15, 0.2) is 46.3 Å². The minimum atomic E-state index is -0.486. The van der Waals surface area contributed by atoms with E-state index in [2.05, 4.69) is 32.2 Å². The first-order chi connectivity index (χ1) is 15.3. The van der Waals surface area contributed by atoms with Crippen LogP contribution in [0.5, 0.6) is 17.4 Å². The van der Waals surface area contributed by atoms with Crippen LogP contribution >= 0.6 is 39.1 Å². The van der Waals surface area contributed by atoms with E-state index in [9.17, 15) is 5.26 Å². The van der Waals surface area contributed by atoms with Gasteiger partial charge in [0.1, 0.15) is 18.2 Å². The molecule has 2 heterocycles. The third kappa shape index (κ3) is 3.88. The molecule has 1 unspecified atom stereocenters. The number of H-pyrrole nitrogens is 1. The van der Waals surface area contributed by atoms with Gasteiger partial charge in [0.25, 0.3) is 0 Å². The molecule has 4 rings (SSSR count). The Hall–Kier alpha value is -2.86. The molecule has 32 heavy (non-hydrogen) atoms. The number of hydrogen-bond acceptors (Lipinski definition) is 6. The van der Waals surface area contributed by atoms with Gasteiger partial charge in [0.05, 0.1) is 17.5 Å². The van der Waals surface area contributed by atoms with Crippen LogP contribution in [0.3, 0.4) is 0 Å². The predicted octanol–water partition coefficient (Wildman–Crippen LogP) is 5.59. The molecule has 2 aromatic carbocycles. The van der Waals surface area contributed by atoms with Gasteiger partial charge in [-0.2, -0.15) is 5.26 Å². The zero-order valence-corrected chi connectivity index (χ0v) is 20.1. The number of aromatic amines is 1. The second-order valence-corrected chi connectivity index (χ2v) is 8.68. The number of methoxy groups -OCH3 is 1. The van der Waals surface area contributed by atoms with Gasteiger partial charge >= 0.3 is 0 Å². The van der Waals surface area contributed by atoms with Crippen molar-refractivity contribution in [1.29, 1.82) is 5.26 Å². The highest BCUT2D eigenvalue weighted by Gasteiger charge is 2.35. The Morgan fingerprint density at radius 3 is 2.69 bits per heavy atom. The van der Waals surface area contributed by atoms with Crippen molar-refractivity contribution in [3.8, 4) is 23.4 Å². The molecule has 7 nitrogen and oxygen atoms in total. The van der Waals surface area contributed by atoms with Crippen molar-refractivity contribution in [2.24, 2.45) is 5.73 Å². The molecule has 0 aliphatic carbocycles. The fourth-order valence-corrected chi connectivity index (χ4v) is 4.67. The topological polar surface area (TPSA) is 106 Å². The fraction of sp³-hybridized carbons (Fsp3) is 0.182. The van der Waals surface area contributed by atoms with Crippen LogP contribution in [-0.4, -0.2) is 17.3 Å². The molecule has 0 saturated heterocycles. The lowest BCUT2D eigenvalue weighted by Gasteiger charge is -2.25. The molecule has 10 heteroatoms. The summed E-state index contributed by atoms with van der Waals surface area (Å²) in [5, 5.41) is 17.8. The maximum atomic E-state index is 9.77. The first-order valence-corrected chi connectivity index (χ1v) is 11.0.